The molecule has 0 radical (unpaired) electrons. The maximum atomic E-state index is 14.7. The first-order valence-corrected chi connectivity index (χ1v) is 32.3. The van der Waals surface area contributed by atoms with Gasteiger partial charge in [0.15, 0.2) is 0 Å². The molecule has 0 aromatic heterocycles. The first-order valence-electron chi connectivity index (χ1n) is 15.5. The van der Waals surface area contributed by atoms with Gasteiger partial charge in [0.05, 0.1) is 0 Å². The van der Waals surface area contributed by atoms with E-state index in [1.54, 1.807) is 48.5 Å². The number of aryl methyl sites for hydroxylation is 2. The average molecular weight is 756 g/mol. The third kappa shape index (κ3) is 7.53. The molecule has 44 heavy (non-hydrogen) atoms. The van der Waals surface area contributed by atoms with E-state index >= 15 is 0 Å². The van der Waals surface area contributed by atoms with Crippen molar-refractivity contribution in [3.63, 3.8) is 0 Å². The van der Waals surface area contributed by atoms with E-state index in [1.165, 1.54) is 5.19 Å². The van der Waals surface area contributed by atoms with Crippen LogP contribution in [-0.2, 0) is 19.7 Å². The molecule has 0 spiro atoms. The van der Waals surface area contributed by atoms with Crippen molar-refractivity contribution in [1.29, 1.82) is 0 Å². The van der Waals surface area contributed by atoms with Crippen molar-refractivity contribution in [2.75, 3.05) is 0 Å². The van der Waals surface area contributed by atoms with E-state index in [0.717, 1.165) is 21.6 Å². The first-order chi connectivity index (χ1) is 20.5. The van der Waals surface area contributed by atoms with Crippen molar-refractivity contribution in [3.05, 3.63) is 114 Å². The van der Waals surface area contributed by atoms with Gasteiger partial charge in [0.25, 0.3) is 0 Å². The molecule has 1 fully saturated rings. The Hall–Kier alpha value is -1.94. The fraction of sp³-hybridized carbons (Fsp3) is 0.389. The summed E-state index contributed by atoms with van der Waals surface area (Å²) in [5.74, 6) is -0.427. The summed E-state index contributed by atoms with van der Waals surface area (Å²) in [5.41, 5.74) is 1.84. The van der Waals surface area contributed by atoms with Crippen LogP contribution < -0.4 is 5.19 Å². The Morgan fingerprint density at radius 1 is 0.705 bits per heavy atom. The number of hydrogen-bond donors (Lipinski definition) is 0. The molecule has 0 heterocycles. The third-order valence-corrected chi connectivity index (χ3v) is 22.0. The molecule has 8 heteroatoms. The van der Waals surface area contributed by atoms with Crippen molar-refractivity contribution in [2.45, 2.75) is 79.0 Å². The Kier molecular flexibility index (Phi) is 10.7. The van der Waals surface area contributed by atoms with Gasteiger partial charge in [0, 0.05) is 0 Å². The summed E-state index contributed by atoms with van der Waals surface area (Å²) in [6.45, 7) is 8.46. The summed E-state index contributed by atoms with van der Waals surface area (Å²) in [6, 6.07) is 24.7. The summed E-state index contributed by atoms with van der Waals surface area (Å²) >= 11 is -2.15. The number of sulfone groups is 2. The molecular weight excluding hydrogens is 707 g/mol. The molecule has 0 N–H and O–H groups in total. The van der Waals surface area contributed by atoms with Gasteiger partial charge in [0.1, 0.15) is 0 Å². The Labute approximate surface area is 271 Å². The van der Waals surface area contributed by atoms with Crippen LogP contribution in [0, 0.1) is 25.7 Å². The van der Waals surface area contributed by atoms with Gasteiger partial charge in [-0.2, -0.15) is 0 Å². The van der Waals surface area contributed by atoms with Crippen molar-refractivity contribution < 1.29 is 16.8 Å². The molecule has 0 saturated heterocycles. The van der Waals surface area contributed by atoms with Crippen molar-refractivity contribution in [2.24, 2.45) is 11.8 Å². The maximum absolute atomic E-state index is 14.7. The molecule has 1 aliphatic rings. The first kappa shape index (κ1) is 34.9. The molecule has 1 aliphatic carbocycles. The standard InChI is InChI=1S/C33H39O4S2Si.3CH3.Sn/c1-6-11-28-24-33(38(34,35)30-19-15-26(2)16-20-30,39(36,37)31-21-17-27(3)18-22-31)25-29(28)12-10-23-40(4,5)32-13-8-7-9-14-32;;;;/h6-22,28-29H,1,23-25H2,2-5H3;3*1H3;/b11-6+,12-10+;;;;/t28-,29-;;;;/m0..../s1. The monoisotopic (exact) mass is 756 g/mol. The second kappa shape index (κ2) is 13.4. The Balaban J connectivity index is 1.83. The van der Waals surface area contributed by atoms with Crippen LogP contribution in [0.25, 0.3) is 0 Å². The quantitative estimate of drug-likeness (QED) is 0.146. The van der Waals surface area contributed by atoms with Gasteiger partial charge in [0.2, 0.25) is 0 Å². The van der Waals surface area contributed by atoms with E-state index in [4.69, 9.17) is 0 Å². The van der Waals surface area contributed by atoms with Gasteiger partial charge in [-0.05, 0) is 0 Å². The average Bonchev–Trinajstić information content (AvgIpc) is 3.34. The van der Waals surface area contributed by atoms with Gasteiger partial charge >= 0.3 is 267 Å². The summed E-state index contributed by atoms with van der Waals surface area (Å²) in [6.07, 6.45) is 8.72. The number of allylic oxidation sites excluding steroid dienone is 4. The van der Waals surface area contributed by atoms with E-state index in [1.807, 2.05) is 19.9 Å². The zero-order valence-electron chi connectivity index (χ0n) is 27.2. The fourth-order valence-corrected chi connectivity index (χ4v) is 15.8. The van der Waals surface area contributed by atoms with Gasteiger partial charge in [-0.3, -0.25) is 0 Å². The normalized spacial score (nSPS) is 19.6. The second-order valence-electron chi connectivity index (χ2n) is 14.4. The molecule has 0 aliphatic heterocycles. The van der Waals surface area contributed by atoms with E-state index in [-0.39, 0.29) is 34.5 Å². The molecule has 236 valence electrons. The number of benzene rings is 3. The second-order valence-corrected chi connectivity index (χ2v) is 39.7. The molecule has 2 atom stereocenters. The minimum atomic E-state index is -4.28. The van der Waals surface area contributed by atoms with E-state index in [2.05, 4.69) is 76.5 Å². The summed E-state index contributed by atoms with van der Waals surface area (Å²) < 4.78 is 57.8. The van der Waals surface area contributed by atoms with Crippen LogP contribution >= 0.6 is 0 Å². The summed E-state index contributed by atoms with van der Waals surface area (Å²) in [7, 11) is -10.3. The molecule has 0 bridgehead atoms. The molecule has 4 nitrogen and oxygen atoms in total. The molecular formula is C36H48O4S2SiSn. The molecule has 0 amide bonds. The minimum absolute atomic E-state index is 0.0248. The Morgan fingerprint density at radius 2 is 1.14 bits per heavy atom. The van der Waals surface area contributed by atoms with Crippen molar-refractivity contribution in [1.82, 2.24) is 0 Å². The van der Waals surface area contributed by atoms with Crippen molar-refractivity contribution >= 4 is 51.3 Å². The van der Waals surface area contributed by atoms with Gasteiger partial charge in [-0.1, -0.05) is 6.07 Å². The van der Waals surface area contributed by atoms with Gasteiger partial charge in [-0.25, -0.2) is 0 Å². The molecule has 3 aromatic carbocycles. The molecule has 4 rings (SSSR count). The molecule has 3 aromatic rings. The topological polar surface area (TPSA) is 68.3 Å². The van der Waals surface area contributed by atoms with Gasteiger partial charge in [-0.15, -0.1) is 0 Å². The fourth-order valence-electron chi connectivity index (χ4n) is 6.11. The Bertz CT molecular complexity index is 1630. The van der Waals surface area contributed by atoms with Crippen LogP contribution in [0.5, 0.6) is 0 Å². The molecule has 0 unspecified atom stereocenters. The summed E-state index contributed by atoms with van der Waals surface area (Å²) in [4.78, 5) is 7.24. The Morgan fingerprint density at radius 3 is 1.57 bits per heavy atom. The predicted molar refractivity (Wildman–Crippen MR) is 190 cm³/mol. The third-order valence-electron chi connectivity index (χ3n) is 8.97. The summed E-state index contributed by atoms with van der Waals surface area (Å²) in [5, 5.41) is 1.36. The number of hydrogen-bond acceptors (Lipinski definition) is 4. The zero-order chi connectivity index (χ0) is 32.4. The van der Waals surface area contributed by atoms with Crippen LogP contribution in [0.4, 0.5) is 0 Å². The van der Waals surface area contributed by atoms with Crippen LogP contribution in [0.1, 0.15) is 24.0 Å². The van der Waals surface area contributed by atoms with Crippen LogP contribution in [0.2, 0.25) is 38.4 Å². The van der Waals surface area contributed by atoms with E-state index < -0.39 is 50.2 Å². The molecule has 1 saturated carbocycles. The van der Waals surface area contributed by atoms with E-state index in [9.17, 15) is 16.8 Å². The van der Waals surface area contributed by atoms with Crippen LogP contribution in [-0.4, -0.2) is 47.4 Å². The SMILES string of the molecule is Cc1ccc(S(=O)(=O)C2(S(=O)(=O)c3ccc(C)cc3)C[C@H](/C=C/C[Si](C)(C)c3ccccc3)[C@@H](/C=C/[CH2][Sn]([CH3])([CH3])[CH3])C2)cc1. The van der Waals surface area contributed by atoms with Crippen molar-refractivity contribution in [3.8, 4) is 0 Å². The zero-order valence-corrected chi connectivity index (χ0v) is 32.7. The predicted octanol–water partition coefficient (Wildman–Crippen LogP) is 8.34. The number of rotatable bonds is 11. The van der Waals surface area contributed by atoms with E-state index in [0.29, 0.717) is 0 Å². The van der Waals surface area contributed by atoms with Gasteiger partial charge < -0.3 is 0 Å². The van der Waals surface area contributed by atoms with Crippen LogP contribution in [0.3, 0.4) is 0 Å². The van der Waals surface area contributed by atoms with Crippen LogP contribution in [0.15, 0.2) is 113 Å².